The van der Waals surface area contributed by atoms with Crippen LogP contribution in [0.25, 0.3) is 0 Å². The third kappa shape index (κ3) is 4.22. The fourth-order valence-electron chi connectivity index (χ4n) is 3.05. The van der Waals surface area contributed by atoms with E-state index in [1.165, 1.54) is 4.88 Å². The summed E-state index contributed by atoms with van der Waals surface area (Å²) >= 11 is 7.53. The first-order chi connectivity index (χ1) is 11.9. The maximum atomic E-state index is 12.5. The number of carbonyl (C=O) groups is 2. The molecule has 132 valence electrons. The lowest BCUT2D eigenvalue weighted by molar-refractivity contribution is -0.125. The number of amides is 2. The van der Waals surface area contributed by atoms with Crippen LogP contribution in [0.1, 0.15) is 32.1 Å². The van der Waals surface area contributed by atoms with Gasteiger partial charge in [-0.25, -0.2) is 0 Å². The van der Waals surface area contributed by atoms with Crippen molar-refractivity contribution in [2.24, 2.45) is 5.92 Å². The van der Waals surface area contributed by atoms with Crippen molar-refractivity contribution in [3.05, 3.63) is 56.2 Å². The van der Waals surface area contributed by atoms with Gasteiger partial charge in [0, 0.05) is 36.5 Å². The molecule has 1 aliphatic rings. The van der Waals surface area contributed by atoms with Crippen molar-refractivity contribution in [3.63, 3.8) is 0 Å². The summed E-state index contributed by atoms with van der Waals surface area (Å²) in [5, 5.41) is 3.68. The van der Waals surface area contributed by atoms with Crippen molar-refractivity contribution in [3.8, 4) is 0 Å². The van der Waals surface area contributed by atoms with Crippen LogP contribution in [0, 0.1) is 5.92 Å². The van der Waals surface area contributed by atoms with Gasteiger partial charge >= 0.3 is 0 Å². The van der Waals surface area contributed by atoms with Crippen LogP contribution in [-0.2, 0) is 24.2 Å². The summed E-state index contributed by atoms with van der Waals surface area (Å²) in [4.78, 5) is 28.2. The van der Waals surface area contributed by atoms with Crippen molar-refractivity contribution in [1.29, 1.82) is 0 Å². The van der Waals surface area contributed by atoms with Crippen LogP contribution in [0.15, 0.2) is 30.3 Å². The fourth-order valence-corrected chi connectivity index (χ4v) is 4.50. The molecule has 2 amide bonds. The normalized spacial score (nSPS) is 16.2. The van der Waals surface area contributed by atoms with Crippen LogP contribution >= 0.6 is 22.9 Å². The van der Waals surface area contributed by atoms with E-state index in [1.54, 1.807) is 30.3 Å². The smallest absolute Gasteiger partial charge is 0.263 e. The SMILES string of the molecule is CN(C)C(=O)c1cc2c(s1)CC[C@@H](C(=O)NCc1cccc(Cl)c1)C2. The Labute approximate surface area is 156 Å². The van der Waals surface area contributed by atoms with Gasteiger partial charge in [-0.2, -0.15) is 0 Å². The third-order valence-electron chi connectivity index (χ3n) is 4.43. The Hall–Kier alpha value is -1.85. The minimum atomic E-state index is -0.0383. The summed E-state index contributed by atoms with van der Waals surface area (Å²) in [6.07, 6.45) is 2.38. The molecule has 3 rings (SSSR count). The summed E-state index contributed by atoms with van der Waals surface area (Å²) in [6, 6.07) is 9.46. The monoisotopic (exact) mass is 376 g/mol. The van der Waals surface area contributed by atoms with Crippen LogP contribution in [0.2, 0.25) is 5.02 Å². The van der Waals surface area contributed by atoms with E-state index in [4.69, 9.17) is 11.6 Å². The van der Waals surface area contributed by atoms with E-state index in [1.807, 2.05) is 30.3 Å². The van der Waals surface area contributed by atoms with Crippen LogP contribution in [0.3, 0.4) is 0 Å². The molecule has 0 saturated carbocycles. The highest BCUT2D eigenvalue weighted by atomic mass is 35.5. The van der Waals surface area contributed by atoms with Gasteiger partial charge in [0.25, 0.3) is 5.91 Å². The number of carbonyl (C=O) groups excluding carboxylic acids is 2. The van der Waals surface area contributed by atoms with Crippen LogP contribution in [0.4, 0.5) is 0 Å². The molecule has 4 nitrogen and oxygen atoms in total. The predicted octanol–water partition coefficient (Wildman–Crippen LogP) is 3.52. The molecule has 0 bridgehead atoms. The molecule has 1 atom stereocenters. The predicted molar refractivity (Wildman–Crippen MR) is 101 cm³/mol. The third-order valence-corrected chi connectivity index (χ3v) is 5.89. The van der Waals surface area contributed by atoms with E-state index in [0.29, 0.717) is 18.0 Å². The number of aryl methyl sites for hydroxylation is 1. The number of hydrogen-bond acceptors (Lipinski definition) is 3. The Balaban J connectivity index is 1.62. The second-order valence-corrected chi connectivity index (χ2v) is 8.12. The summed E-state index contributed by atoms with van der Waals surface area (Å²) in [5.41, 5.74) is 2.14. The molecule has 0 saturated heterocycles. The van der Waals surface area contributed by atoms with E-state index in [0.717, 1.165) is 28.8 Å². The summed E-state index contributed by atoms with van der Waals surface area (Å²) in [7, 11) is 3.51. The second-order valence-electron chi connectivity index (χ2n) is 6.55. The van der Waals surface area contributed by atoms with Crippen molar-refractivity contribution in [1.82, 2.24) is 10.2 Å². The first kappa shape index (κ1) is 18.0. The fraction of sp³-hybridized carbons (Fsp3) is 0.368. The molecule has 1 N–H and O–H groups in total. The van der Waals surface area contributed by atoms with Crippen molar-refractivity contribution in [2.75, 3.05) is 14.1 Å². The Morgan fingerprint density at radius 2 is 2.12 bits per heavy atom. The molecule has 1 aromatic carbocycles. The van der Waals surface area contributed by atoms with E-state index >= 15 is 0 Å². The zero-order valence-electron chi connectivity index (χ0n) is 14.3. The van der Waals surface area contributed by atoms with E-state index in [-0.39, 0.29) is 17.7 Å². The first-order valence-electron chi connectivity index (χ1n) is 8.29. The molecule has 0 fully saturated rings. The molecule has 1 aromatic heterocycles. The van der Waals surface area contributed by atoms with Crippen molar-refractivity contribution >= 4 is 34.8 Å². The van der Waals surface area contributed by atoms with Gasteiger partial charge in [0.1, 0.15) is 0 Å². The van der Waals surface area contributed by atoms with Crippen LogP contribution in [-0.4, -0.2) is 30.8 Å². The Bertz CT molecular complexity index is 800. The Morgan fingerprint density at radius 1 is 1.32 bits per heavy atom. The number of rotatable bonds is 4. The quantitative estimate of drug-likeness (QED) is 0.887. The number of nitrogens with zero attached hydrogens (tertiary/aromatic N) is 1. The second kappa shape index (κ2) is 7.58. The van der Waals surface area contributed by atoms with E-state index in [9.17, 15) is 9.59 Å². The number of halogens is 1. The molecular weight excluding hydrogens is 356 g/mol. The average molecular weight is 377 g/mol. The number of fused-ring (bicyclic) bond motifs is 1. The topological polar surface area (TPSA) is 49.4 Å². The Morgan fingerprint density at radius 3 is 2.84 bits per heavy atom. The minimum Gasteiger partial charge on any atom is -0.352 e. The number of benzene rings is 1. The van der Waals surface area contributed by atoms with Crippen LogP contribution in [0.5, 0.6) is 0 Å². The van der Waals surface area contributed by atoms with Gasteiger partial charge in [-0.05, 0) is 48.6 Å². The number of thiophene rings is 1. The van der Waals surface area contributed by atoms with Crippen molar-refractivity contribution < 1.29 is 9.59 Å². The average Bonchev–Trinajstić information content (AvgIpc) is 3.02. The first-order valence-corrected chi connectivity index (χ1v) is 9.49. The summed E-state index contributed by atoms with van der Waals surface area (Å²) in [6.45, 7) is 0.483. The standard InChI is InChI=1S/C19H21ClN2O2S/c1-22(2)19(24)17-10-14-9-13(6-7-16(14)25-17)18(23)21-11-12-4-3-5-15(20)8-12/h3-5,8,10,13H,6-7,9,11H2,1-2H3,(H,21,23)/t13-/m1/s1. The molecule has 0 unspecified atom stereocenters. The molecule has 25 heavy (non-hydrogen) atoms. The summed E-state index contributed by atoms with van der Waals surface area (Å²) in [5.74, 6) is 0.0576. The zero-order valence-corrected chi connectivity index (χ0v) is 15.9. The maximum absolute atomic E-state index is 12.5. The highest BCUT2D eigenvalue weighted by molar-refractivity contribution is 7.14. The lowest BCUT2D eigenvalue weighted by Gasteiger charge is -2.21. The molecule has 2 aromatic rings. The summed E-state index contributed by atoms with van der Waals surface area (Å²) < 4.78 is 0. The molecule has 1 aliphatic carbocycles. The zero-order chi connectivity index (χ0) is 18.0. The van der Waals surface area contributed by atoms with Gasteiger partial charge in [0.2, 0.25) is 5.91 Å². The lowest BCUT2D eigenvalue weighted by atomic mass is 9.87. The van der Waals surface area contributed by atoms with E-state index < -0.39 is 0 Å². The van der Waals surface area contributed by atoms with Gasteiger partial charge < -0.3 is 10.2 Å². The number of nitrogens with one attached hydrogen (secondary N) is 1. The van der Waals surface area contributed by atoms with Gasteiger partial charge in [0.05, 0.1) is 4.88 Å². The lowest BCUT2D eigenvalue weighted by Crippen LogP contribution is -2.33. The molecule has 0 aliphatic heterocycles. The van der Waals surface area contributed by atoms with Crippen molar-refractivity contribution in [2.45, 2.75) is 25.8 Å². The highest BCUT2D eigenvalue weighted by Gasteiger charge is 2.27. The molecule has 0 radical (unpaired) electrons. The molecule has 6 heteroatoms. The van der Waals surface area contributed by atoms with Gasteiger partial charge in [0.15, 0.2) is 0 Å². The van der Waals surface area contributed by atoms with Gasteiger partial charge in [-0.15, -0.1) is 11.3 Å². The van der Waals surface area contributed by atoms with E-state index in [2.05, 4.69) is 5.32 Å². The van der Waals surface area contributed by atoms with Gasteiger partial charge in [-0.1, -0.05) is 23.7 Å². The van der Waals surface area contributed by atoms with Crippen LogP contribution < -0.4 is 5.32 Å². The number of hydrogen-bond donors (Lipinski definition) is 1. The molecule has 0 spiro atoms. The van der Waals surface area contributed by atoms with Gasteiger partial charge in [-0.3, -0.25) is 9.59 Å². The Kier molecular flexibility index (Phi) is 5.45. The molecule has 1 heterocycles. The maximum Gasteiger partial charge on any atom is 0.263 e. The highest BCUT2D eigenvalue weighted by Crippen LogP contribution is 2.33. The largest absolute Gasteiger partial charge is 0.352 e. The minimum absolute atomic E-state index is 0.0290. The molecular formula is C19H21ClN2O2S.